The van der Waals surface area contributed by atoms with Gasteiger partial charge in [0.1, 0.15) is 5.82 Å². The first-order valence-electron chi connectivity index (χ1n) is 8.58. The molecule has 5 nitrogen and oxygen atoms in total. The van der Waals surface area contributed by atoms with Crippen LogP contribution in [0, 0.1) is 6.92 Å². The number of likely N-dealkylation sites (tertiary alicyclic amines) is 1. The minimum atomic E-state index is -0.0178. The first-order valence-corrected chi connectivity index (χ1v) is 8.96. The van der Waals surface area contributed by atoms with E-state index in [1.807, 2.05) is 35.4 Å². The number of nitrogens with zero attached hydrogens (tertiary/aromatic N) is 4. The van der Waals surface area contributed by atoms with Crippen LogP contribution in [0.3, 0.4) is 0 Å². The summed E-state index contributed by atoms with van der Waals surface area (Å²) < 4.78 is 2.22. The van der Waals surface area contributed by atoms with Gasteiger partial charge in [-0.3, -0.25) is 9.78 Å². The molecule has 0 radical (unpaired) electrons. The van der Waals surface area contributed by atoms with Crippen molar-refractivity contribution in [2.24, 2.45) is 0 Å². The third-order valence-corrected chi connectivity index (χ3v) is 5.14. The molecule has 1 aliphatic heterocycles. The van der Waals surface area contributed by atoms with Crippen molar-refractivity contribution in [3.63, 3.8) is 0 Å². The third kappa shape index (κ3) is 3.10. The normalized spacial score (nSPS) is 14.3. The Bertz CT molecular complexity index is 932. The van der Waals surface area contributed by atoms with Crippen LogP contribution in [0.15, 0.2) is 55.0 Å². The molecule has 0 bridgehead atoms. The van der Waals surface area contributed by atoms with E-state index in [4.69, 9.17) is 11.6 Å². The van der Waals surface area contributed by atoms with E-state index in [0.29, 0.717) is 23.7 Å². The van der Waals surface area contributed by atoms with Gasteiger partial charge in [0.15, 0.2) is 0 Å². The Morgan fingerprint density at radius 2 is 1.92 bits per heavy atom. The molecule has 2 aromatic heterocycles. The molecule has 1 aromatic carbocycles. The Kier molecular flexibility index (Phi) is 4.47. The van der Waals surface area contributed by atoms with Gasteiger partial charge < -0.3 is 9.47 Å². The van der Waals surface area contributed by atoms with E-state index >= 15 is 0 Å². The number of imidazole rings is 1. The van der Waals surface area contributed by atoms with Crippen molar-refractivity contribution in [1.82, 2.24) is 19.4 Å². The van der Waals surface area contributed by atoms with Crippen molar-refractivity contribution in [3.8, 4) is 0 Å². The van der Waals surface area contributed by atoms with Gasteiger partial charge in [0.05, 0.1) is 16.5 Å². The van der Waals surface area contributed by atoms with Gasteiger partial charge in [-0.25, -0.2) is 4.98 Å². The van der Waals surface area contributed by atoms with Gasteiger partial charge >= 0.3 is 0 Å². The Hall–Kier alpha value is -2.66. The number of halogens is 1. The lowest BCUT2D eigenvalue weighted by atomic mass is 9.97. The average molecular weight is 367 g/mol. The molecule has 6 heteroatoms. The fourth-order valence-electron chi connectivity index (χ4n) is 3.29. The van der Waals surface area contributed by atoms with Gasteiger partial charge in [-0.2, -0.15) is 0 Å². The summed E-state index contributed by atoms with van der Waals surface area (Å²) in [7, 11) is 0. The van der Waals surface area contributed by atoms with E-state index in [0.717, 1.165) is 18.1 Å². The lowest BCUT2D eigenvalue weighted by Gasteiger charge is -2.39. The van der Waals surface area contributed by atoms with Crippen molar-refractivity contribution in [2.75, 3.05) is 13.1 Å². The molecule has 1 amide bonds. The van der Waals surface area contributed by atoms with E-state index in [-0.39, 0.29) is 11.8 Å². The van der Waals surface area contributed by atoms with E-state index in [9.17, 15) is 4.79 Å². The molecule has 0 unspecified atom stereocenters. The predicted molar refractivity (Wildman–Crippen MR) is 100 cm³/mol. The van der Waals surface area contributed by atoms with Crippen LogP contribution in [0.2, 0.25) is 5.02 Å². The second-order valence-electron chi connectivity index (χ2n) is 6.59. The van der Waals surface area contributed by atoms with Gasteiger partial charge in [-0.05, 0) is 36.8 Å². The number of pyridine rings is 1. The summed E-state index contributed by atoms with van der Waals surface area (Å²) in [6.45, 7) is 4.15. The molecule has 4 rings (SSSR count). The Morgan fingerprint density at radius 3 is 2.65 bits per heavy atom. The molecule has 0 N–H and O–H groups in total. The monoisotopic (exact) mass is 366 g/mol. The maximum atomic E-state index is 12.6. The lowest BCUT2D eigenvalue weighted by Crippen LogP contribution is -2.49. The molecule has 1 saturated heterocycles. The summed E-state index contributed by atoms with van der Waals surface area (Å²) in [6.07, 6.45) is 5.50. The molecule has 132 valence electrons. The van der Waals surface area contributed by atoms with Crippen LogP contribution >= 0.6 is 11.6 Å². The van der Waals surface area contributed by atoms with Crippen LogP contribution < -0.4 is 0 Å². The number of amides is 1. The number of rotatable bonds is 4. The number of carbonyl (C=O) groups excluding carboxylic acids is 1. The molecule has 1 fully saturated rings. The van der Waals surface area contributed by atoms with Crippen molar-refractivity contribution in [1.29, 1.82) is 0 Å². The lowest BCUT2D eigenvalue weighted by molar-refractivity contribution is 0.0591. The number of hydrogen-bond donors (Lipinski definition) is 0. The Balaban J connectivity index is 1.48. The highest BCUT2D eigenvalue weighted by atomic mass is 35.5. The molecule has 0 saturated carbocycles. The van der Waals surface area contributed by atoms with Crippen LogP contribution in [0.5, 0.6) is 0 Å². The van der Waals surface area contributed by atoms with Crippen LogP contribution in [0.25, 0.3) is 0 Å². The quantitative estimate of drug-likeness (QED) is 0.709. The summed E-state index contributed by atoms with van der Waals surface area (Å²) in [6, 6.07) is 11.2. The smallest absolute Gasteiger partial charge is 0.255 e. The van der Waals surface area contributed by atoms with E-state index in [1.54, 1.807) is 24.5 Å². The topological polar surface area (TPSA) is 51.0 Å². The van der Waals surface area contributed by atoms with E-state index in [2.05, 4.69) is 21.5 Å². The zero-order valence-corrected chi connectivity index (χ0v) is 15.2. The SMILES string of the molecule is Cc1cnc(C2CN(C(=O)c3ccccc3Cl)C2)n1Cc1ccncc1. The summed E-state index contributed by atoms with van der Waals surface area (Å²) >= 11 is 6.15. The van der Waals surface area contributed by atoms with Crippen molar-refractivity contribution >= 4 is 17.5 Å². The largest absolute Gasteiger partial charge is 0.337 e. The Morgan fingerprint density at radius 1 is 1.19 bits per heavy atom. The van der Waals surface area contributed by atoms with Gasteiger partial charge in [-0.15, -0.1) is 0 Å². The summed E-state index contributed by atoms with van der Waals surface area (Å²) in [5.74, 6) is 1.26. The molecule has 1 aliphatic rings. The molecule has 0 spiro atoms. The molecule has 3 aromatic rings. The average Bonchev–Trinajstić information content (AvgIpc) is 2.96. The van der Waals surface area contributed by atoms with Gasteiger partial charge in [0.2, 0.25) is 0 Å². The molecular formula is C20H19ClN4O. The number of carbonyl (C=O) groups is 1. The summed E-state index contributed by atoms with van der Waals surface area (Å²) in [5.41, 5.74) is 2.86. The van der Waals surface area contributed by atoms with Crippen LogP contribution in [0.4, 0.5) is 0 Å². The first-order chi connectivity index (χ1) is 12.6. The zero-order chi connectivity index (χ0) is 18.1. The molecule has 3 heterocycles. The number of aryl methyl sites for hydroxylation is 1. The predicted octanol–water partition coefficient (Wildman–Crippen LogP) is 3.53. The third-order valence-electron chi connectivity index (χ3n) is 4.81. The second kappa shape index (κ2) is 6.92. The zero-order valence-electron chi connectivity index (χ0n) is 14.5. The number of benzene rings is 1. The van der Waals surface area contributed by atoms with Crippen molar-refractivity contribution in [2.45, 2.75) is 19.4 Å². The second-order valence-corrected chi connectivity index (χ2v) is 6.99. The fourth-order valence-corrected chi connectivity index (χ4v) is 3.51. The van der Waals surface area contributed by atoms with Crippen LogP contribution in [0.1, 0.15) is 33.4 Å². The van der Waals surface area contributed by atoms with Crippen molar-refractivity contribution < 1.29 is 4.79 Å². The molecular weight excluding hydrogens is 348 g/mol. The van der Waals surface area contributed by atoms with Gasteiger partial charge in [0, 0.05) is 43.9 Å². The molecule has 0 atom stereocenters. The standard InChI is InChI=1S/C20H19ClN4O/c1-14-10-23-19(25(14)11-15-6-8-22-9-7-15)16-12-24(13-16)20(26)17-4-2-3-5-18(17)21/h2-10,16H,11-13H2,1H3. The molecule has 0 aliphatic carbocycles. The van der Waals surface area contributed by atoms with E-state index in [1.165, 1.54) is 5.56 Å². The van der Waals surface area contributed by atoms with E-state index < -0.39 is 0 Å². The van der Waals surface area contributed by atoms with Crippen LogP contribution in [-0.4, -0.2) is 38.4 Å². The number of aromatic nitrogens is 3. The highest BCUT2D eigenvalue weighted by molar-refractivity contribution is 6.33. The highest BCUT2D eigenvalue weighted by Crippen LogP contribution is 2.30. The van der Waals surface area contributed by atoms with Gasteiger partial charge in [-0.1, -0.05) is 23.7 Å². The fraction of sp³-hybridized carbons (Fsp3) is 0.250. The highest BCUT2D eigenvalue weighted by Gasteiger charge is 2.35. The minimum Gasteiger partial charge on any atom is -0.337 e. The minimum absolute atomic E-state index is 0.0178. The maximum Gasteiger partial charge on any atom is 0.255 e. The molecule has 26 heavy (non-hydrogen) atoms. The Labute approximate surface area is 157 Å². The summed E-state index contributed by atoms with van der Waals surface area (Å²) in [5, 5.41) is 0.496. The van der Waals surface area contributed by atoms with Crippen LogP contribution in [-0.2, 0) is 6.54 Å². The van der Waals surface area contributed by atoms with Gasteiger partial charge in [0.25, 0.3) is 5.91 Å². The maximum absolute atomic E-state index is 12.6. The van der Waals surface area contributed by atoms with Crippen molar-refractivity contribution in [3.05, 3.63) is 82.7 Å². The first kappa shape index (κ1) is 16.8. The number of hydrogen-bond acceptors (Lipinski definition) is 3. The summed E-state index contributed by atoms with van der Waals surface area (Å²) in [4.78, 5) is 23.1.